The summed E-state index contributed by atoms with van der Waals surface area (Å²) in [7, 11) is 0. The lowest BCUT2D eigenvalue weighted by molar-refractivity contribution is -0.115. The third kappa shape index (κ3) is 4.29. The fourth-order valence-electron chi connectivity index (χ4n) is 2.24. The second kappa shape index (κ2) is 7.88. The van der Waals surface area contributed by atoms with Gasteiger partial charge in [0.1, 0.15) is 19.0 Å². The van der Waals surface area contributed by atoms with Gasteiger partial charge in [-0.25, -0.2) is 4.79 Å². The molecule has 0 aliphatic carbocycles. The van der Waals surface area contributed by atoms with Gasteiger partial charge >= 0.3 is 5.97 Å². The van der Waals surface area contributed by atoms with E-state index in [9.17, 15) is 9.59 Å². The Balaban J connectivity index is 1.54. The summed E-state index contributed by atoms with van der Waals surface area (Å²) >= 11 is 1.60. The van der Waals surface area contributed by atoms with Gasteiger partial charge in [0.05, 0.1) is 11.3 Å². The number of carbonyl (C=O) groups excluding carboxylic acids is 2. The fourth-order valence-corrected chi connectivity index (χ4v) is 3.18. The Morgan fingerprint density at radius 2 is 1.96 bits per heavy atom. The highest BCUT2D eigenvalue weighted by Gasteiger charge is 2.16. The monoisotopic (exact) mass is 343 g/mol. The van der Waals surface area contributed by atoms with Crippen molar-refractivity contribution in [2.45, 2.75) is 11.3 Å². The Hall–Kier alpha value is -2.47. The highest BCUT2D eigenvalue weighted by atomic mass is 32.2. The SMILES string of the molecule is O=C1CCSc2ccc(C(=O)OCCOc3ccccc3)cc2N1. The molecule has 0 fully saturated rings. The zero-order valence-corrected chi connectivity index (χ0v) is 13.8. The first-order valence-electron chi connectivity index (χ1n) is 7.64. The average molecular weight is 343 g/mol. The van der Waals surface area contributed by atoms with E-state index >= 15 is 0 Å². The number of hydrogen-bond acceptors (Lipinski definition) is 5. The van der Waals surface area contributed by atoms with E-state index in [-0.39, 0.29) is 19.1 Å². The van der Waals surface area contributed by atoms with Crippen molar-refractivity contribution in [2.75, 3.05) is 24.3 Å². The van der Waals surface area contributed by atoms with Crippen LogP contribution in [0.2, 0.25) is 0 Å². The first-order valence-corrected chi connectivity index (χ1v) is 8.62. The Morgan fingerprint density at radius 1 is 1.12 bits per heavy atom. The number of thioether (sulfide) groups is 1. The van der Waals surface area contributed by atoms with Crippen LogP contribution in [0.15, 0.2) is 53.4 Å². The predicted octanol–water partition coefficient (Wildman–Crippen LogP) is 3.36. The number of esters is 1. The van der Waals surface area contributed by atoms with Crippen molar-refractivity contribution in [3.8, 4) is 5.75 Å². The number of hydrogen-bond donors (Lipinski definition) is 1. The minimum absolute atomic E-state index is 0.0389. The molecule has 1 heterocycles. The molecule has 5 nitrogen and oxygen atoms in total. The molecule has 6 heteroatoms. The number of nitrogens with one attached hydrogen (secondary N) is 1. The van der Waals surface area contributed by atoms with Gasteiger partial charge in [-0.2, -0.15) is 0 Å². The molecule has 0 unspecified atom stereocenters. The number of rotatable bonds is 5. The van der Waals surface area contributed by atoms with E-state index < -0.39 is 5.97 Å². The third-order valence-corrected chi connectivity index (χ3v) is 4.48. The summed E-state index contributed by atoms with van der Waals surface area (Å²) in [6.45, 7) is 0.444. The zero-order chi connectivity index (χ0) is 16.8. The maximum absolute atomic E-state index is 12.1. The molecule has 1 amide bonds. The van der Waals surface area contributed by atoms with Gasteiger partial charge < -0.3 is 14.8 Å². The van der Waals surface area contributed by atoms with Crippen molar-refractivity contribution in [3.63, 3.8) is 0 Å². The second-order valence-corrected chi connectivity index (χ2v) is 6.29. The first-order chi connectivity index (χ1) is 11.7. The van der Waals surface area contributed by atoms with Crippen LogP contribution in [-0.2, 0) is 9.53 Å². The molecular weight excluding hydrogens is 326 g/mol. The van der Waals surface area contributed by atoms with Crippen LogP contribution in [-0.4, -0.2) is 30.8 Å². The van der Waals surface area contributed by atoms with Gasteiger partial charge in [-0.05, 0) is 30.3 Å². The van der Waals surface area contributed by atoms with Crippen molar-refractivity contribution in [1.82, 2.24) is 0 Å². The first kappa shape index (κ1) is 16.4. The summed E-state index contributed by atoms with van der Waals surface area (Å²) in [4.78, 5) is 24.7. The van der Waals surface area contributed by atoms with Crippen LogP contribution in [0.25, 0.3) is 0 Å². The largest absolute Gasteiger partial charge is 0.490 e. The van der Waals surface area contributed by atoms with Crippen LogP contribution in [0.1, 0.15) is 16.8 Å². The number of benzene rings is 2. The van der Waals surface area contributed by atoms with E-state index in [4.69, 9.17) is 9.47 Å². The minimum atomic E-state index is -0.432. The molecule has 0 spiro atoms. The lowest BCUT2D eigenvalue weighted by atomic mass is 10.2. The summed E-state index contributed by atoms with van der Waals surface area (Å²) in [5, 5.41) is 2.81. The molecule has 1 aliphatic heterocycles. The van der Waals surface area contributed by atoms with Crippen LogP contribution in [0.4, 0.5) is 5.69 Å². The maximum Gasteiger partial charge on any atom is 0.338 e. The van der Waals surface area contributed by atoms with Crippen LogP contribution < -0.4 is 10.1 Å². The van der Waals surface area contributed by atoms with Crippen LogP contribution in [0.3, 0.4) is 0 Å². The van der Waals surface area contributed by atoms with E-state index in [1.165, 1.54) is 0 Å². The van der Waals surface area contributed by atoms with E-state index in [0.29, 0.717) is 17.7 Å². The molecular formula is C18H17NO4S. The van der Waals surface area contributed by atoms with Crippen molar-refractivity contribution >= 4 is 29.3 Å². The van der Waals surface area contributed by atoms with Gasteiger partial charge in [-0.1, -0.05) is 18.2 Å². The molecule has 24 heavy (non-hydrogen) atoms. The van der Waals surface area contributed by atoms with E-state index in [1.807, 2.05) is 36.4 Å². The van der Waals surface area contributed by atoms with Gasteiger partial charge in [-0.15, -0.1) is 11.8 Å². The summed E-state index contributed by atoms with van der Waals surface area (Å²) in [6.07, 6.45) is 0.468. The molecule has 0 saturated heterocycles. The number of amides is 1. The normalized spacial score (nSPS) is 13.4. The zero-order valence-electron chi connectivity index (χ0n) is 13.0. The minimum Gasteiger partial charge on any atom is -0.490 e. The van der Waals surface area contributed by atoms with Crippen LogP contribution >= 0.6 is 11.8 Å². The Morgan fingerprint density at radius 3 is 2.79 bits per heavy atom. The maximum atomic E-state index is 12.1. The summed E-state index contributed by atoms with van der Waals surface area (Å²) < 4.78 is 10.7. The molecule has 1 aliphatic rings. The highest BCUT2D eigenvalue weighted by molar-refractivity contribution is 7.99. The number of para-hydroxylation sites is 1. The van der Waals surface area contributed by atoms with Crippen molar-refractivity contribution in [2.24, 2.45) is 0 Å². The summed E-state index contributed by atoms with van der Waals surface area (Å²) in [5.74, 6) is 0.999. The molecule has 0 atom stereocenters. The van der Waals surface area contributed by atoms with E-state index in [1.54, 1.807) is 23.9 Å². The molecule has 2 aromatic rings. The number of carbonyl (C=O) groups is 2. The second-order valence-electron chi connectivity index (χ2n) is 5.16. The van der Waals surface area contributed by atoms with Gasteiger partial charge in [-0.3, -0.25) is 4.79 Å². The topological polar surface area (TPSA) is 64.6 Å². The van der Waals surface area contributed by atoms with Gasteiger partial charge in [0.25, 0.3) is 0 Å². The van der Waals surface area contributed by atoms with Crippen LogP contribution in [0.5, 0.6) is 5.75 Å². The Labute approximate surface area is 144 Å². The quantitative estimate of drug-likeness (QED) is 0.666. The fraction of sp³-hybridized carbons (Fsp3) is 0.222. The number of fused-ring (bicyclic) bond motifs is 1. The molecule has 3 rings (SSSR count). The number of ether oxygens (including phenoxy) is 2. The lowest BCUT2D eigenvalue weighted by Crippen LogP contribution is -2.14. The van der Waals surface area contributed by atoms with Crippen molar-refractivity contribution in [3.05, 3.63) is 54.1 Å². The summed E-state index contributed by atoms with van der Waals surface area (Å²) in [6, 6.07) is 14.6. The van der Waals surface area contributed by atoms with E-state index in [0.717, 1.165) is 16.4 Å². The Kier molecular flexibility index (Phi) is 5.38. The smallest absolute Gasteiger partial charge is 0.338 e. The molecule has 124 valence electrons. The molecule has 0 saturated carbocycles. The molecule has 0 radical (unpaired) electrons. The third-order valence-electron chi connectivity index (χ3n) is 3.40. The van der Waals surface area contributed by atoms with Crippen LogP contribution in [0, 0.1) is 0 Å². The number of anilines is 1. The van der Waals surface area contributed by atoms with Gasteiger partial charge in [0.2, 0.25) is 5.91 Å². The van der Waals surface area contributed by atoms with Crippen molar-refractivity contribution in [1.29, 1.82) is 0 Å². The van der Waals surface area contributed by atoms with E-state index in [2.05, 4.69) is 5.32 Å². The summed E-state index contributed by atoms with van der Waals surface area (Å²) in [5.41, 5.74) is 1.08. The molecule has 0 bridgehead atoms. The molecule has 1 N–H and O–H groups in total. The molecule has 2 aromatic carbocycles. The van der Waals surface area contributed by atoms with Gasteiger partial charge in [0, 0.05) is 17.1 Å². The lowest BCUT2D eigenvalue weighted by Gasteiger charge is -2.10. The highest BCUT2D eigenvalue weighted by Crippen LogP contribution is 2.31. The Bertz CT molecular complexity index is 733. The predicted molar refractivity (Wildman–Crippen MR) is 92.6 cm³/mol. The standard InChI is InChI=1S/C18H17NO4S/c20-17-8-11-24-16-7-6-13(12-15(16)19-17)18(21)23-10-9-22-14-4-2-1-3-5-14/h1-7,12H,8-11H2,(H,19,20). The van der Waals surface area contributed by atoms with Gasteiger partial charge in [0.15, 0.2) is 0 Å². The van der Waals surface area contributed by atoms with Crippen molar-refractivity contribution < 1.29 is 19.1 Å². The average Bonchev–Trinajstić information content (AvgIpc) is 2.79. The molecule has 0 aromatic heterocycles.